The van der Waals surface area contributed by atoms with E-state index in [0.717, 1.165) is 25.0 Å². The monoisotopic (exact) mass is 320 g/mol. The second-order valence-electron chi connectivity index (χ2n) is 7.64. The van der Waals surface area contributed by atoms with Gasteiger partial charge in [0.05, 0.1) is 18.0 Å². The Hall–Kier alpha value is -1.26. The Labute approximate surface area is 139 Å². The summed E-state index contributed by atoms with van der Waals surface area (Å²) in [5.41, 5.74) is 2.86. The summed E-state index contributed by atoms with van der Waals surface area (Å²) in [4.78, 5) is 4.52. The summed E-state index contributed by atoms with van der Waals surface area (Å²) in [5, 5.41) is 12.6. The molecule has 0 saturated heterocycles. The van der Waals surface area contributed by atoms with Crippen LogP contribution in [-0.4, -0.2) is 22.7 Å². The Balaban J connectivity index is 2.12. The molecule has 128 valence electrons. The minimum absolute atomic E-state index is 0.0409. The number of hydrogen-bond acceptors (Lipinski definition) is 3. The Kier molecular flexibility index (Phi) is 5.93. The fraction of sp³-hybridized carbons (Fsp3) is 0.632. The van der Waals surface area contributed by atoms with Crippen LogP contribution in [0.1, 0.15) is 58.3 Å². The minimum atomic E-state index is -0.293. The molecule has 0 unspecified atom stereocenters. The Morgan fingerprint density at radius 1 is 1.35 bits per heavy atom. The maximum absolute atomic E-state index is 14.0. The first-order valence-electron chi connectivity index (χ1n) is 8.51. The molecule has 0 saturated carbocycles. The van der Waals surface area contributed by atoms with Crippen LogP contribution in [0, 0.1) is 17.2 Å². The summed E-state index contributed by atoms with van der Waals surface area (Å²) in [5.74, 6) is -0.00652. The van der Waals surface area contributed by atoms with E-state index in [4.69, 9.17) is 0 Å². The zero-order valence-electron chi connectivity index (χ0n) is 14.7. The quantitative estimate of drug-likeness (QED) is 0.835. The molecule has 0 bridgehead atoms. The average Bonchev–Trinajstić information content (AvgIpc) is 2.49. The van der Waals surface area contributed by atoms with Crippen molar-refractivity contribution in [1.29, 1.82) is 0 Å². The van der Waals surface area contributed by atoms with Crippen LogP contribution in [0.4, 0.5) is 4.39 Å². The number of aliphatic hydroxyl groups is 1. The van der Waals surface area contributed by atoms with Crippen LogP contribution in [0.25, 0.3) is 5.57 Å². The molecule has 23 heavy (non-hydrogen) atoms. The minimum Gasteiger partial charge on any atom is -0.395 e. The van der Waals surface area contributed by atoms with Gasteiger partial charge in [-0.25, -0.2) is 9.37 Å². The Bertz CT molecular complexity index is 566. The van der Waals surface area contributed by atoms with Crippen LogP contribution >= 0.6 is 0 Å². The lowest BCUT2D eigenvalue weighted by Gasteiger charge is -2.28. The maximum Gasteiger partial charge on any atom is 0.146 e. The van der Waals surface area contributed by atoms with Gasteiger partial charge in [-0.05, 0) is 48.3 Å². The molecule has 1 aromatic heterocycles. The summed E-state index contributed by atoms with van der Waals surface area (Å²) in [6.07, 6.45) is 5.40. The zero-order valence-corrected chi connectivity index (χ0v) is 14.7. The highest BCUT2D eigenvalue weighted by Crippen LogP contribution is 2.37. The van der Waals surface area contributed by atoms with E-state index < -0.39 is 0 Å². The predicted octanol–water partition coefficient (Wildman–Crippen LogP) is 3.92. The zero-order chi connectivity index (χ0) is 17.0. The highest BCUT2D eigenvalue weighted by atomic mass is 19.1. The molecule has 0 amide bonds. The van der Waals surface area contributed by atoms with Crippen LogP contribution in [0.5, 0.6) is 0 Å². The van der Waals surface area contributed by atoms with Crippen molar-refractivity contribution in [3.8, 4) is 0 Å². The Morgan fingerprint density at radius 2 is 2.09 bits per heavy atom. The summed E-state index contributed by atoms with van der Waals surface area (Å²) in [6, 6.07) is 3.23. The molecule has 0 spiro atoms. The molecule has 1 aromatic rings. The number of hydrogen-bond donors (Lipinski definition) is 2. The summed E-state index contributed by atoms with van der Waals surface area (Å²) >= 11 is 0. The van der Waals surface area contributed by atoms with Crippen LogP contribution in [0.3, 0.4) is 0 Å². The molecule has 1 aliphatic carbocycles. The summed E-state index contributed by atoms with van der Waals surface area (Å²) in [7, 11) is 0. The Morgan fingerprint density at radius 3 is 2.65 bits per heavy atom. The fourth-order valence-corrected chi connectivity index (χ4v) is 2.84. The second-order valence-corrected chi connectivity index (χ2v) is 7.64. The summed E-state index contributed by atoms with van der Waals surface area (Å²) in [6.45, 7) is 8.98. The molecule has 0 radical (unpaired) electrons. The number of aromatic nitrogens is 1. The number of aliphatic hydroxyl groups excluding tert-OH is 1. The van der Waals surface area contributed by atoms with Crippen LogP contribution in [0.2, 0.25) is 0 Å². The highest BCUT2D eigenvalue weighted by molar-refractivity contribution is 5.63. The van der Waals surface area contributed by atoms with Crippen LogP contribution in [-0.2, 0) is 6.54 Å². The SMILES string of the molecule is CC(C)[C@H](CO)NCc1nc(C2=CCC(C)(C)CC2)ccc1F. The molecule has 3 nitrogen and oxygen atoms in total. The molecule has 1 aliphatic rings. The highest BCUT2D eigenvalue weighted by Gasteiger charge is 2.23. The van der Waals surface area contributed by atoms with Crippen LogP contribution in [0.15, 0.2) is 18.2 Å². The normalized spacial score (nSPS) is 18.8. The molecule has 0 aromatic carbocycles. The number of halogens is 1. The first-order valence-corrected chi connectivity index (χ1v) is 8.51. The fourth-order valence-electron chi connectivity index (χ4n) is 2.84. The smallest absolute Gasteiger partial charge is 0.146 e. The number of allylic oxidation sites excluding steroid dienone is 2. The standard InChI is InChI=1S/C19H29FN2O/c1-13(2)18(12-23)21-11-17-15(20)5-6-16(22-17)14-7-9-19(3,4)10-8-14/h5-7,13,18,21,23H,8-12H2,1-4H3/t18-/m0/s1. The number of pyridine rings is 1. The van der Waals surface area contributed by atoms with Gasteiger partial charge in [0.15, 0.2) is 0 Å². The van der Waals surface area contributed by atoms with E-state index in [9.17, 15) is 9.50 Å². The molecular weight excluding hydrogens is 291 g/mol. The van der Waals surface area contributed by atoms with Gasteiger partial charge in [0.2, 0.25) is 0 Å². The molecule has 4 heteroatoms. The molecule has 1 atom stereocenters. The van der Waals surface area contributed by atoms with E-state index in [0.29, 0.717) is 17.7 Å². The molecule has 0 fully saturated rings. The number of nitrogens with one attached hydrogen (secondary N) is 1. The van der Waals surface area contributed by atoms with Crippen molar-refractivity contribution in [3.63, 3.8) is 0 Å². The van der Waals surface area contributed by atoms with E-state index in [2.05, 4.69) is 30.2 Å². The molecule has 2 N–H and O–H groups in total. The molecule has 0 aliphatic heterocycles. The third kappa shape index (κ3) is 4.85. The van der Waals surface area contributed by atoms with E-state index in [1.807, 2.05) is 13.8 Å². The lowest BCUT2D eigenvalue weighted by atomic mass is 9.78. The van der Waals surface area contributed by atoms with Crippen molar-refractivity contribution in [1.82, 2.24) is 10.3 Å². The van der Waals surface area contributed by atoms with Gasteiger partial charge in [0.1, 0.15) is 5.82 Å². The van der Waals surface area contributed by atoms with E-state index in [-0.39, 0.29) is 24.4 Å². The average molecular weight is 320 g/mol. The van der Waals surface area contributed by atoms with Crippen molar-refractivity contribution in [2.45, 2.75) is 59.5 Å². The summed E-state index contributed by atoms with van der Waals surface area (Å²) < 4.78 is 14.0. The van der Waals surface area contributed by atoms with Crippen LogP contribution < -0.4 is 5.32 Å². The largest absolute Gasteiger partial charge is 0.395 e. The predicted molar refractivity (Wildman–Crippen MR) is 92.4 cm³/mol. The van der Waals surface area contributed by atoms with Gasteiger partial charge in [-0.3, -0.25) is 0 Å². The third-order valence-electron chi connectivity index (χ3n) is 4.75. The lowest BCUT2D eigenvalue weighted by molar-refractivity contribution is 0.209. The first-order chi connectivity index (χ1) is 10.8. The molecule has 2 rings (SSSR count). The van der Waals surface area contributed by atoms with E-state index in [1.54, 1.807) is 6.07 Å². The molecule has 1 heterocycles. The third-order valence-corrected chi connectivity index (χ3v) is 4.75. The van der Waals surface area contributed by atoms with E-state index in [1.165, 1.54) is 11.6 Å². The van der Waals surface area contributed by atoms with Gasteiger partial charge in [-0.2, -0.15) is 0 Å². The second kappa shape index (κ2) is 7.54. The van der Waals surface area contributed by atoms with Gasteiger partial charge in [0.25, 0.3) is 0 Å². The topological polar surface area (TPSA) is 45.1 Å². The van der Waals surface area contributed by atoms with Gasteiger partial charge in [0, 0.05) is 12.6 Å². The van der Waals surface area contributed by atoms with Crippen molar-refractivity contribution >= 4 is 5.57 Å². The van der Waals surface area contributed by atoms with Crippen molar-refractivity contribution in [3.05, 3.63) is 35.4 Å². The van der Waals surface area contributed by atoms with Crippen molar-refractivity contribution < 1.29 is 9.50 Å². The number of nitrogens with zero attached hydrogens (tertiary/aromatic N) is 1. The maximum atomic E-state index is 14.0. The van der Waals surface area contributed by atoms with Crippen molar-refractivity contribution in [2.24, 2.45) is 11.3 Å². The van der Waals surface area contributed by atoms with E-state index >= 15 is 0 Å². The van der Waals surface area contributed by atoms with Gasteiger partial charge in [-0.1, -0.05) is 33.8 Å². The first kappa shape index (κ1) is 18.1. The van der Waals surface area contributed by atoms with Gasteiger partial charge < -0.3 is 10.4 Å². The van der Waals surface area contributed by atoms with Crippen molar-refractivity contribution in [2.75, 3.05) is 6.61 Å². The molecular formula is C19H29FN2O. The lowest BCUT2D eigenvalue weighted by Crippen LogP contribution is -2.37. The van der Waals surface area contributed by atoms with Gasteiger partial charge >= 0.3 is 0 Å². The number of rotatable bonds is 6. The van der Waals surface area contributed by atoms with Gasteiger partial charge in [-0.15, -0.1) is 0 Å².